The van der Waals surface area contributed by atoms with Crippen LogP contribution in [0.4, 0.5) is 15.8 Å². The molecule has 0 bridgehead atoms. The van der Waals surface area contributed by atoms with Gasteiger partial charge in [-0.15, -0.1) is 0 Å². The van der Waals surface area contributed by atoms with Crippen molar-refractivity contribution < 1.29 is 4.39 Å². The minimum Gasteiger partial charge on any atom is -0.399 e. The van der Waals surface area contributed by atoms with Crippen molar-refractivity contribution in [3.63, 3.8) is 0 Å². The number of nitrogens with zero attached hydrogens (tertiary/aromatic N) is 1. The van der Waals surface area contributed by atoms with Crippen molar-refractivity contribution >= 4 is 11.4 Å². The second-order valence-corrected chi connectivity index (χ2v) is 4.25. The molecule has 1 saturated heterocycles. The van der Waals surface area contributed by atoms with E-state index in [1.807, 2.05) is 0 Å². The molecule has 0 unspecified atom stereocenters. The predicted octanol–water partition coefficient (Wildman–Crippen LogP) is 1.92. The average molecular weight is 223 g/mol. The molecule has 88 valence electrons. The highest BCUT2D eigenvalue weighted by molar-refractivity contribution is 5.54. The summed E-state index contributed by atoms with van der Waals surface area (Å²) < 4.78 is 13.0. The van der Waals surface area contributed by atoms with Crippen LogP contribution in [0.1, 0.15) is 12.8 Å². The van der Waals surface area contributed by atoms with E-state index in [-0.39, 0.29) is 5.82 Å². The summed E-state index contributed by atoms with van der Waals surface area (Å²) in [5, 5.41) is 3.19. The van der Waals surface area contributed by atoms with Gasteiger partial charge in [0, 0.05) is 24.5 Å². The molecule has 1 aliphatic heterocycles. The van der Waals surface area contributed by atoms with Crippen molar-refractivity contribution in [1.29, 1.82) is 0 Å². The van der Waals surface area contributed by atoms with E-state index < -0.39 is 0 Å². The van der Waals surface area contributed by atoms with Gasteiger partial charge in [-0.3, -0.25) is 0 Å². The van der Waals surface area contributed by atoms with Gasteiger partial charge >= 0.3 is 0 Å². The highest BCUT2D eigenvalue weighted by atomic mass is 19.1. The standard InChI is InChI=1S/C12H18FN3/c13-10-7-11(14)9-12(8-10)15-3-6-16-4-1-2-5-16/h7-9,15H,1-6,14H2. The van der Waals surface area contributed by atoms with Gasteiger partial charge in [-0.05, 0) is 44.1 Å². The van der Waals surface area contributed by atoms with Crippen LogP contribution in [0, 0.1) is 5.82 Å². The van der Waals surface area contributed by atoms with E-state index in [4.69, 9.17) is 5.73 Å². The summed E-state index contributed by atoms with van der Waals surface area (Å²) in [4.78, 5) is 2.41. The highest BCUT2D eigenvalue weighted by Crippen LogP contribution is 2.15. The first-order valence-corrected chi connectivity index (χ1v) is 5.76. The molecule has 0 radical (unpaired) electrons. The van der Waals surface area contributed by atoms with Crippen molar-refractivity contribution in [2.75, 3.05) is 37.2 Å². The number of nitrogens with one attached hydrogen (secondary N) is 1. The van der Waals surface area contributed by atoms with Gasteiger partial charge in [-0.25, -0.2) is 4.39 Å². The zero-order valence-electron chi connectivity index (χ0n) is 9.38. The Morgan fingerprint density at radius 3 is 2.69 bits per heavy atom. The lowest BCUT2D eigenvalue weighted by Gasteiger charge is -2.15. The van der Waals surface area contributed by atoms with Crippen LogP contribution in [0.2, 0.25) is 0 Å². The smallest absolute Gasteiger partial charge is 0.127 e. The Labute approximate surface area is 95.4 Å². The molecular weight excluding hydrogens is 205 g/mol. The van der Waals surface area contributed by atoms with E-state index in [1.165, 1.54) is 38.1 Å². The van der Waals surface area contributed by atoms with Gasteiger partial charge in [-0.1, -0.05) is 0 Å². The molecule has 1 aromatic rings. The van der Waals surface area contributed by atoms with Crippen LogP contribution < -0.4 is 11.1 Å². The molecule has 3 nitrogen and oxygen atoms in total. The van der Waals surface area contributed by atoms with Gasteiger partial charge in [-0.2, -0.15) is 0 Å². The van der Waals surface area contributed by atoms with Gasteiger partial charge in [0.05, 0.1) is 0 Å². The number of likely N-dealkylation sites (tertiary alicyclic amines) is 1. The number of rotatable bonds is 4. The topological polar surface area (TPSA) is 41.3 Å². The maximum atomic E-state index is 13.0. The lowest BCUT2D eigenvalue weighted by atomic mass is 10.2. The van der Waals surface area contributed by atoms with Crippen molar-refractivity contribution in [1.82, 2.24) is 4.90 Å². The van der Waals surface area contributed by atoms with Gasteiger partial charge in [0.15, 0.2) is 0 Å². The third-order valence-electron chi connectivity index (χ3n) is 2.88. The molecular formula is C12H18FN3. The number of nitrogens with two attached hydrogens (primary N) is 1. The summed E-state index contributed by atoms with van der Waals surface area (Å²) in [5.41, 5.74) is 6.79. The lowest BCUT2D eigenvalue weighted by molar-refractivity contribution is 0.352. The minimum atomic E-state index is -0.288. The molecule has 0 amide bonds. The van der Waals surface area contributed by atoms with Gasteiger partial charge in [0.2, 0.25) is 0 Å². The van der Waals surface area contributed by atoms with Gasteiger partial charge in [0.25, 0.3) is 0 Å². The van der Waals surface area contributed by atoms with E-state index in [1.54, 1.807) is 6.07 Å². The normalized spacial score (nSPS) is 16.6. The largest absolute Gasteiger partial charge is 0.399 e. The summed E-state index contributed by atoms with van der Waals surface area (Å²) in [7, 11) is 0. The Kier molecular flexibility index (Phi) is 3.62. The molecule has 4 heteroatoms. The molecule has 0 aliphatic carbocycles. The number of nitrogen functional groups attached to an aromatic ring is 1. The summed E-state index contributed by atoms with van der Waals surface area (Å²) in [6.45, 7) is 4.22. The molecule has 0 saturated carbocycles. The zero-order chi connectivity index (χ0) is 11.4. The molecule has 16 heavy (non-hydrogen) atoms. The van der Waals surface area contributed by atoms with Crippen LogP contribution in [-0.2, 0) is 0 Å². The summed E-state index contributed by atoms with van der Waals surface area (Å²) in [6, 6.07) is 4.55. The number of hydrogen-bond acceptors (Lipinski definition) is 3. The van der Waals surface area contributed by atoms with Crippen LogP contribution in [0.15, 0.2) is 18.2 Å². The van der Waals surface area contributed by atoms with Crippen LogP contribution in [0.5, 0.6) is 0 Å². The molecule has 1 aliphatic rings. The van der Waals surface area contributed by atoms with E-state index in [2.05, 4.69) is 10.2 Å². The second kappa shape index (κ2) is 5.16. The predicted molar refractivity (Wildman–Crippen MR) is 65.0 cm³/mol. The number of benzene rings is 1. The Hall–Kier alpha value is -1.29. The van der Waals surface area contributed by atoms with Crippen LogP contribution in [0.3, 0.4) is 0 Å². The van der Waals surface area contributed by atoms with Crippen molar-refractivity contribution in [3.8, 4) is 0 Å². The first kappa shape index (κ1) is 11.2. The highest BCUT2D eigenvalue weighted by Gasteiger charge is 2.10. The average Bonchev–Trinajstić information content (AvgIpc) is 2.69. The molecule has 0 spiro atoms. The maximum Gasteiger partial charge on any atom is 0.127 e. The summed E-state index contributed by atoms with van der Waals surface area (Å²) in [5.74, 6) is -0.288. The fourth-order valence-electron chi connectivity index (χ4n) is 2.08. The van der Waals surface area contributed by atoms with Crippen molar-refractivity contribution in [2.24, 2.45) is 0 Å². The monoisotopic (exact) mass is 223 g/mol. The van der Waals surface area contributed by atoms with E-state index in [9.17, 15) is 4.39 Å². The SMILES string of the molecule is Nc1cc(F)cc(NCCN2CCCC2)c1. The molecule has 0 atom stereocenters. The summed E-state index contributed by atoms with van der Waals surface area (Å²) in [6.07, 6.45) is 2.60. The fraction of sp³-hybridized carbons (Fsp3) is 0.500. The first-order valence-electron chi connectivity index (χ1n) is 5.76. The molecule has 1 fully saturated rings. The Morgan fingerprint density at radius 1 is 1.25 bits per heavy atom. The third kappa shape index (κ3) is 3.10. The Balaban J connectivity index is 1.80. The minimum absolute atomic E-state index is 0.288. The molecule has 2 rings (SSSR count). The molecule has 0 aromatic heterocycles. The quantitative estimate of drug-likeness (QED) is 0.766. The molecule has 1 aromatic carbocycles. The summed E-state index contributed by atoms with van der Waals surface area (Å²) >= 11 is 0. The number of anilines is 2. The lowest BCUT2D eigenvalue weighted by Crippen LogP contribution is -2.25. The second-order valence-electron chi connectivity index (χ2n) is 4.25. The number of hydrogen-bond donors (Lipinski definition) is 2. The van der Waals surface area contributed by atoms with Gasteiger partial charge in [0.1, 0.15) is 5.82 Å². The molecule has 1 heterocycles. The third-order valence-corrected chi connectivity index (χ3v) is 2.88. The van der Waals surface area contributed by atoms with Crippen molar-refractivity contribution in [3.05, 3.63) is 24.0 Å². The van der Waals surface area contributed by atoms with Crippen LogP contribution in [-0.4, -0.2) is 31.1 Å². The Bertz CT molecular complexity index is 328. The first-order chi connectivity index (χ1) is 7.74. The number of halogens is 1. The van der Waals surface area contributed by atoms with E-state index >= 15 is 0 Å². The van der Waals surface area contributed by atoms with Gasteiger partial charge < -0.3 is 16.0 Å². The maximum absolute atomic E-state index is 13.0. The van der Waals surface area contributed by atoms with E-state index in [0.29, 0.717) is 5.69 Å². The molecule has 3 N–H and O–H groups in total. The van der Waals surface area contributed by atoms with Crippen LogP contribution >= 0.6 is 0 Å². The fourth-order valence-corrected chi connectivity index (χ4v) is 2.08. The zero-order valence-corrected chi connectivity index (χ0v) is 9.38. The van der Waals surface area contributed by atoms with Crippen LogP contribution in [0.25, 0.3) is 0 Å². The Morgan fingerprint density at radius 2 is 2.00 bits per heavy atom. The van der Waals surface area contributed by atoms with E-state index in [0.717, 1.165) is 18.8 Å². The van der Waals surface area contributed by atoms with Crippen molar-refractivity contribution in [2.45, 2.75) is 12.8 Å².